The van der Waals surface area contributed by atoms with Gasteiger partial charge in [-0.2, -0.15) is 0 Å². The molecule has 2 aromatic rings. The Balaban J connectivity index is 2.68. The minimum atomic E-state index is 0.0491. The fourth-order valence-corrected chi connectivity index (χ4v) is 2.65. The molecule has 20 heavy (non-hydrogen) atoms. The van der Waals surface area contributed by atoms with Gasteiger partial charge in [-0.25, -0.2) is 4.98 Å². The minimum Gasteiger partial charge on any atom is -0.370 e. The highest BCUT2D eigenvalue weighted by Crippen LogP contribution is 2.33. The number of benzene rings is 1. The van der Waals surface area contributed by atoms with Crippen LogP contribution in [-0.4, -0.2) is 11.5 Å². The summed E-state index contributed by atoms with van der Waals surface area (Å²) in [5, 5.41) is 5.34. The van der Waals surface area contributed by atoms with Crippen LogP contribution in [0.2, 0.25) is 5.02 Å². The van der Waals surface area contributed by atoms with E-state index >= 15 is 0 Å². The molecule has 0 saturated heterocycles. The number of nitrogens with one attached hydrogen (secondary N) is 1. The standard InChI is InChI=1S/C17H23ClN2/c1-6-7-19-16-14(17(3,4)5)10-12-9-13(18)8-11(2)15(12)20-16/h8-10H,6-7H2,1-5H3,(H,19,20). The molecule has 1 N–H and O–H groups in total. The number of pyridine rings is 1. The van der Waals surface area contributed by atoms with Crippen molar-refractivity contribution in [1.82, 2.24) is 4.98 Å². The summed E-state index contributed by atoms with van der Waals surface area (Å²) < 4.78 is 0. The van der Waals surface area contributed by atoms with Crippen LogP contribution in [0.25, 0.3) is 10.9 Å². The Kier molecular flexibility index (Phi) is 4.24. The van der Waals surface area contributed by atoms with Crippen LogP contribution in [0.4, 0.5) is 5.82 Å². The van der Waals surface area contributed by atoms with Crippen molar-refractivity contribution in [1.29, 1.82) is 0 Å². The topological polar surface area (TPSA) is 24.9 Å². The molecule has 0 saturated carbocycles. The molecule has 0 amide bonds. The van der Waals surface area contributed by atoms with Crippen molar-refractivity contribution in [2.24, 2.45) is 0 Å². The van der Waals surface area contributed by atoms with Gasteiger partial charge in [-0.1, -0.05) is 39.3 Å². The van der Waals surface area contributed by atoms with Crippen molar-refractivity contribution >= 4 is 28.3 Å². The average molecular weight is 291 g/mol. The van der Waals surface area contributed by atoms with Crippen LogP contribution >= 0.6 is 11.6 Å². The quantitative estimate of drug-likeness (QED) is 0.828. The first kappa shape index (κ1) is 15.1. The monoisotopic (exact) mass is 290 g/mol. The van der Waals surface area contributed by atoms with Crippen LogP contribution < -0.4 is 5.32 Å². The third-order valence-electron chi connectivity index (χ3n) is 3.42. The molecule has 0 atom stereocenters. The number of hydrogen-bond donors (Lipinski definition) is 1. The second kappa shape index (κ2) is 5.61. The Morgan fingerprint density at radius 2 is 1.90 bits per heavy atom. The lowest BCUT2D eigenvalue weighted by molar-refractivity contribution is 0.590. The fourth-order valence-electron chi connectivity index (χ4n) is 2.37. The average Bonchev–Trinajstić information content (AvgIpc) is 2.34. The smallest absolute Gasteiger partial charge is 0.130 e. The van der Waals surface area contributed by atoms with Gasteiger partial charge in [0.2, 0.25) is 0 Å². The molecule has 1 aromatic carbocycles. The summed E-state index contributed by atoms with van der Waals surface area (Å²) in [7, 11) is 0. The lowest BCUT2D eigenvalue weighted by atomic mass is 9.86. The van der Waals surface area contributed by atoms with Gasteiger partial charge in [-0.05, 0) is 42.5 Å². The predicted octanol–water partition coefficient (Wildman–Crippen LogP) is 5.32. The summed E-state index contributed by atoms with van der Waals surface area (Å²) in [4.78, 5) is 4.85. The second-order valence-electron chi connectivity index (χ2n) is 6.36. The van der Waals surface area contributed by atoms with Crippen molar-refractivity contribution in [3.05, 3.63) is 34.3 Å². The van der Waals surface area contributed by atoms with Crippen molar-refractivity contribution in [2.45, 2.75) is 46.5 Å². The van der Waals surface area contributed by atoms with Gasteiger partial charge in [0.15, 0.2) is 0 Å². The van der Waals surface area contributed by atoms with Gasteiger partial charge in [0.1, 0.15) is 5.82 Å². The van der Waals surface area contributed by atoms with Gasteiger partial charge < -0.3 is 5.32 Å². The fraction of sp³-hybridized carbons (Fsp3) is 0.471. The molecule has 0 fully saturated rings. The van der Waals surface area contributed by atoms with Gasteiger partial charge >= 0.3 is 0 Å². The molecule has 0 radical (unpaired) electrons. The van der Waals surface area contributed by atoms with Crippen molar-refractivity contribution in [2.75, 3.05) is 11.9 Å². The van der Waals surface area contributed by atoms with Crippen LogP contribution in [0.1, 0.15) is 45.2 Å². The lowest BCUT2D eigenvalue weighted by Gasteiger charge is -2.23. The number of halogens is 1. The van der Waals surface area contributed by atoms with Gasteiger partial charge in [-0.15, -0.1) is 0 Å². The first-order chi connectivity index (χ1) is 9.32. The number of aryl methyl sites for hydroxylation is 1. The molecule has 0 aliphatic rings. The molecule has 1 heterocycles. The predicted molar refractivity (Wildman–Crippen MR) is 89.0 cm³/mol. The lowest BCUT2D eigenvalue weighted by Crippen LogP contribution is -2.16. The molecule has 0 aliphatic carbocycles. The van der Waals surface area contributed by atoms with Gasteiger partial charge in [0.05, 0.1) is 5.52 Å². The minimum absolute atomic E-state index is 0.0491. The molecule has 2 nitrogen and oxygen atoms in total. The van der Waals surface area contributed by atoms with Crippen molar-refractivity contribution < 1.29 is 0 Å². The summed E-state index contributed by atoms with van der Waals surface area (Å²) in [5.74, 6) is 0.997. The van der Waals surface area contributed by atoms with E-state index in [0.717, 1.165) is 40.3 Å². The van der Waals surface area contributed by atoms with Crippen molar-refractivity contribution in [3.8, 4) is 0 Å². The zero-order chi connectivity index (χ0) is 14.9. The number of aromatic nitrogens is 1. The van der Waals surface area contributed by atoms with E-state index in [1.165, 1.54) is 5.56 Å². The summed E-state index contributed by atoms with van der Waals surface area (Å²) in [6, 6.07) is 6.19. The molecule has 0 spiro atoms. The zero-order valence-electron chi connectivity index (χ0n) is 13.0. The molecular formula is C17H23ClN2. The van der Waals surface area contributed by atoms with E-state index in [2.05, 4.69) is 46.0 Å². The number of nitrogens with zero attached hydrogens (tertiary/aromatic N) is 1. The first-order valence-electron chi connectivity index (χ1n) is 7.18. The molecule has 1 aromatic heterocycles. The van der Waals surface area contributed by atoms with Crippen LogP contribution in [0.5, 0.6) is 0 Å². The Morgan fingerprint density at radius 1 is 1.20 bits per heavy atom. The second-order valence-corrected chi connectivity index (χ2v) is 6.79. The van der Waals surface area contributed by atoms with Crippen LogP contribution in [0.15, 0.2) is 18.2 Å². The highest BCUT2D eigenvalue weighted by atomic mass is 35.5. The summed E-state index contributed by atoms with van der Waals surface area (Å²) >= 11 is 6.17. The van der Waals surface area contributed by atoms with E-state index in [0.29, 0.717) is 0 Å². The maximum atomic E-state index is 6.17. The van der Waals surface area contributed by atoms with Gasteiger partial charge in [-0.3, -0.25) is 0 Å². The Bertz CT molecular complexity index is 627. The third kappa shape index (κ3) is 3.06. The molecular weight excluding hydrogens is 268 g/mol. The van der Waals surface area contributed by atoms with Crippen LogP contribution in [0, 0.1) is 6.92 Å². The summed E-state index contributed by atoms with van der Waals surface area (Å²) in [6.45, 7) is 11.8. The Morgan fingerprint density at radius 3 is 2.50 bits per heavy atom. The van der Waals surface area contributed by atoms with E-state index in [4.69, 9.17) is 16.6 Å². The van der Waals surface area contributed by atoms with Crippen molar-refractivity contribution in [3.63, 3.8) is 0 Å². The maximum absolute atomic E-state index is 6.17. The summed E-state index contributed by atoms with van der Waals surface area (Å²) in [5.41, 5.74) is 3.43. The number of anilines is 1. The third-order valence-corrected chi connectivity index (χ3v) is 3.64. The maximum Gasteiger partial charge on any atom is 0.130 e. The van der Waals surface area contributed by atoms with E-state index < -0.39 is 0 Å². The number of hydrogen-bond acceptors (Lipinski definition) is 2. The Labute approximate surface area is 126 Å². The summed E-state index contributed by atoms with van der Waals surface area (Å²) in [6.07, 6.45) is 1.09. The van der Waals surface area contributed by atoms with Crippen LogP contribution in [-0.2, 0) is 5.41 Å². The van der Waals surface area contributed by atoms with E-state index in [1.54, 1.807) is 0 Å². The molecule has 0 unspecified atom stereocenters. The molecule has 3 heteroatoms. The van der Waals surface area contributed by atoms with Gasteiger partial charge in [0.25, 0.3) is 0 Å². The number of rotatable bonds is 3. The highest BCUT2D eigenvalue weighted by Gasteiger charge is 2.20. The highest BCUT2D eigenvalue weighted by molar-refractivity contribution is 6.31. The van der Waals surface area contributed by atoms with E-state index in [-0.39, 0.29) is 5.41 Å². The largest absolute Gasteiger partial charge is 0.370 e. The van der Waals surface area contributed by atoms with E-state index in [1.807, 2.05) is 12.1 Å². The van der Waals surface area contributed by atoms with Crippen LogP contribution in [0.3, 0.4) is 0 Å². The van der Waals surface area contributed by atoms with E-state index in [9.17, 15) is 0 Å². The molecule has 108 valence electrons. The first-order valence-corrected chi connectivity index (χ1v) is 7.56. The number of fused-ring (bicyclic) bond motifs is 1. The van der Waals surface area contributed by atoms with Gasteiger partial charge in [0, 0.05) is 22.5 Å². The molecule has 2 rings (SSSR count). The zero-order valence-corrected chi connectivity index (χ0v) is 13.7. The SMILES string of the molecule is CCCNc1nc2c(C)cc(Cl)cc2cc1C(C)(C)C. The molecule has 0 bridgehead atoms. The normalized spacial score (nSPS) is 11.9. The molecule has 0 aliphatic heterocycles. The Hall–Kier alpha value is -1.28.